The Morgan fingerprint density at radius 3 is 2.94 bits per heavy atom. The fourth-order valence-corrected chi connectivity index (χ4v) is 2.28. The summed E-state index contributed by atoms with van der Waals surface area (Å²) in [5.41, 5.74) is 2.28. The van der Waals surface area contributed by atoms with Gasteiger partial charge in [-0.3, -0.25) is 0 Å². The molecule has 1 aromatic carbocycles. The topological polar surface area (TPSA) is 40.7 Å². The second kappa shape index (κ2) is 3.92. The van der Waals surface area contributed by atoms with Crippen molar-refractivity contribution >= 4 is 18.0 Å². The highest BCUT2D eigenvalue weighted by molar-refractivity contribution is 7.71. The number of nitrogens with one attached hydrogen (secondary N) is 2. The van der Waals surface area contributed by atoms with Crippen LogP contribution in [0.15, 0.2) is 24.3 Å². The molecule has 86 valence electrons. The molecular weight excluding hydrogens is 237 g/mol. The number of aromatic amines is 1. The Hall–Kier alpha value is -1.75. The van der Waals surface area contributed by atoms with Gasteiger partial charge >= 0.3 is 0 Å². The SMILES string of the molecule is Fc1ccccc1-c1[nH]c(=S)nc2c1CCN2. The van der Waals surface area contributed by atoms with Crippen molar-refractivity contribution in [3.05, 3.63) is 40.4 Å². The Morgan fingerprint density at radius 2 is 2.12 bits per heavy atom. The molecular formula is C12H10FN3S. The summed E-state index contributed by atoms with van der Waals surface area (Å²) in [6, 6.07) is 6.67. The standard InChI is InChI=1S/C12H10FN3S/c13-9-4-2-1-3-7(9)10-8-5-6-14-11(8)16-12(17)15-10/h1-4H,5-6H2,(H2,14,15,16,17). The number of aromatic nitrogens is 2. The van der Waals surface area contributed by atoms with Gasteiger partial charge < -0.3 is 10.3 Å². The first-order chi connectivity index (χ1) is 8.25. The highest BCUT2D eigenvalue weighted by Gasteiger charge is 2.19. The van der Waals surface area contributed by atoms with E-state index in [4.69, 9.17) is 12.2 Å². The lowest BCUT2D eigenvalue weighted by atomic mass is 10.1. The summed E-state index contributed by atoms with van der Waals surface area (Å²) in [4.78, 5) is 7.18. The van der Waals surface area contributed by atoms with Gasteiger partial charge in [0.15, 0.2) is 4.77 Å². The summed E-state index contributed by atoms with van der Waals surface area (Å²) in [7, 11) is 0. The Bertz CT molecular complexity index is 636. The molecule has 3 nitrogen and oxygen atoms in total. The summed E-state index contributed by atoms with van der Waals surface area (Å²) in [5, 5.41) is 3.15. The predicted octanol–water partition coefficient (Wildman–Crippen LogP) is 2.91. The minimum atomic E-state index is -0.251. The van der Waals surface area contributed by atoms with Gasteiger partial charge in [-0.05, 0) is 30.8 Å². The molecule has 2 heterocycles. The maximum Gasteiger partial charge on any atom is 0.199 e. The first-order valence-corrected chi connectivity index (χ1v) is 5.78. The van der Waals surface area contributed by atoms with E-state index in [1.165, 1.54) is 6.07 Å². The van der Waals surface area contributed by atoms with Crippen LogP contribution in [-0.4, -0.2) is 16.5 Å². The Labute approximate surface area is 103 Å². The highest BCUT2D eigenvalue weighted by Crippen LogP contribution is 2.30. The molecule has 0 aliphatic carbocycles. The van der Waals surface area contributed by atoms with Gasteiger partial charge in [-0.25, -0.2) is 9.37 Å². The third kappa shape index (κ3) is 1.72. The van der Waals surface area contributed by atoms with Crippen LogP contribution in [-0.2, 0) is 6.42 Å². The third-order valence-electron chi connectivity index (χ3n) is 2.84. The molecule has 1 aromatic heterocycles. The number of hydrogen-bond donors (Lipinski definition) is 2. The van der Waals surface area contributed by atoms with E-state index in [0.717, 1.165) is 30.0 Å². The van der Waals surface area contributed by atoms with Crippen LogP contribution in [0.3, 0.4) is 0 Å². The van der Waals surface area contributed by atoms with E-state index < -0.39 is 0 Å². The molecule has 5 heteroatoms. The van der Waals surface area contributed by atoms with Crippen molar-refractivity contribution in [3.8, 4) is 11.3 Å². The van der Waals surface area contributed by atoms with E-state index in [9.17, 15) is 4.39 Å². The maximum absolute atomic E-state index is 13.8. The zero-order valence-electron chi connectivity index (χ0n) is 8.96. The van der Waals surface area contributed by atoms with Crippen LogP contribution in [0.25, 0.3) is 11.3 Å². The van der Waals surface area contributed by atoms with Gasteiger partial charge in [0.2, 0.25) is 0 Å². The second-order valence-corrected chi connectivity index (χ2v) is 4.29. The molecule has 0 bridgehead atoms. The maximum atomic E-state index is 13.8. The number of fused-ring (bicyclic) bond motifs is 1. The molecule has 0 saturated carbocycles. The van der Waals surface area contributed by atoms with Crippen LogP contribution in [0.4, 0.5) is 10.2 Å². The molecule has 17 heavy (non-hydrogen) atoms. The fraction of sp³-hybridized carbons (Fsp3) is 0.167. The minimum Gasteiger partial charge on any atom is -0.369 e. The zero-order chi connectivity index (χ0) is 11.8. The van der Waals surface area contributed by atoms with Gasteiger partial charge in [0.1, 0.15) is 11.6 Å². The summed E-state index contributed by atoms with van der Waals surface area (Å²) in [6.45, 7) is 0.816. The van der Waals surface area contributed by atoms with Crippen LogP contribution in [0.5, 0.6) is 0 Å². The van der Waals surface area contributed by atoms with Crippen molar-refractivity contribution in [1.29, 1.82) is 0 Å². The Kier molecular flexibility index (Phi) is 2.40. The van der Waals surface area contributed by atoms with Crippen molar-refractivity contribution in [2.75, 3.05) is 11.9 Å². The number of benzene rings is 1. The monoisotopic (exact) mass is 247 g/mol. The molecule has 0 fully saturated rings. The number of nitrogens with zero attached hydrogens (tertiary/aromatic N) is 1. The molecule has 3 rings (SSSR count). The van der Waals surface area contributed by atoms with Gasteiger partial charge in [-0.15, -0.1) is 0 Å². The Balaban J connectivity index is 2.29. The first-order valence-electron chi connectivity index (χ1n) is 5.37. The van der Waals surface area contributed by atoms with Crippen molar-refractivity contribution < 1.29 is 4.39 Å². The number of halogens is 1. The highest BCUT2D eigenvalue weighted by atomic mass is 32.1. The first kappa shape index (κ1) is 10.4. The molecule has 2 aromatic rings. The van der Waals surface area contributed by atoms with E-state index in [2.05, 4.69) is 15.3 Å². The van der Waals surface area contributed by atoms with E-state index in [1.807, 2.05) is 6.07 Å². The number of rotatable bonds is 1. The lowest BCUT2D eigenvalue weighted by Crippen LogP contribution is -1.97. The van der Waals surface area contributed by atoms with Crippen LogP contribution >= 0.6 is 12.2 Å². The summed E-state index contributed by atoms with van der Waals surface area (Å²) >= 11 is 5.05. The van der Waals surface area contributed by atoms with Crippen molar-refractivity contribution in [1.82, 2.24) is 9.97 Å². The smallest absolute Gasteiger partial charge is 0.199 e. The fourth-order valence-electron chi connectivity index (χ4n) is 2.09. The van der Waals surface area contributed by atoms with E-state index in [-0.39, 0.29) is 5.82 Å². The number of H-pyrrole nitrogens is 1. The minimum absolute atomic E-state index is 0.251. The lowest BCUT2D eigenvalue weighted by Gasteiger charge is -2.08. The largest absolute Gasteiger partial charge is 0.369 e. The summed E-state index contributed by atoms with van der Waals surface area (Å²) in [6.07, 6.45) is 0.831. The van der Waals surface area contributed by atoms with E-state index >= 15 is 0 Å². The predicted molar refractivity (Wildman–Crippen MR) is 67.0 cm³/mol. The van der Waals surface area contributed by atoms with Crippen molar-refractivity contribution in [2.45, 2.75) is 6.42 Å². The zero-order valence-corrected chi connectivity index (χ0v) is 9.77. The molecule has 1 aliphatic rings. The number of hydrogen-bond acceptors (Lipinski definition) is 3. The van der Waals surface area contributed by atoms with Gasteiger partial charge in [0.25, 0.3) is 0 Å². The average Bonchev–Trinajstić information content (AvgIpc) is 2.76. The molecule has 0 spiro atoms. The van der Waals surface area contributed by atoms with Crippen LogP contribution in [0.2, 0.25) is 0 Å². The van der Waals surface area contributed by atoms with Gasteiger partial charge in [0, 0.05) is 17.7 Å². The molecule has 0 unspecified atom stereocenters. The number of anilines is 1. The summed E-state index contributed by atoms with van der Waals surface area (Å²) < 4.78 is 14.2. The summed E-state index contributed by atoms with van der Waals surface area (Å²) in [5.74, 6) is 0.519. The van der Waals surface area contributed by atoms with Crippen LogP contribution < -0.4 is 5.32 Å². The second-order valence-electron chi connectivity index (χ2n) is 3.90. The third-order valence-corrected chi connectivity index (χ3v) is 3.04. The molecule has 0 saturated heterocycles. The Morgan fingerprint density at radius 1 is 1.29 bits per heavy atom. The van der Waals surface area contributed by atoms with Crippen molar-refractivity contribution in [3.63, 3.8) is 0 Å². The molecule has 0 atom stereocenters. The average molecular weight is 247 g/mol. The molecule has 1 aliphatic heterocycles. The molecule has 0 radical (unpaired) electrons. The molecule has 2 N–H and O–H groups in total. The van der Waals surface area contributed by atoms with E-state index in [1.54, 1.807) is 12.1 Å². The van der Waals surface area contributed by atoms with Gasteiger partial charge in [-0.1, -0.05) is 12.1 Å². The van der Waals surface area contributed by atoms with E-state index in [0.29, 0.717) is 10.3 Å². The van der Waals surface area contributed by atoms with Crippen LogP contribution in [0.1, 0.15) is 5.56 Å². The van der Waals surface area contributed by atoms with Crippen molar-refractivity contribution in [2.24, 2.45) is 0 Å². The molecule has 0 amide bonds. The lowest BCUT2D eigenvalue weighted by molar-refractivity contribution is 0.630. The van der Waals surface area contributed by atoms with Crippen LogP contribution in [0, 0.1) is 10.6 Å². The van der Waals surface area contributed by atoms with Gasteiger partial charge in [0.05, 0.1) is 5.69 Å². The van der Waals surface area contributed by atoms with Gasteiger partial charge in [-0.2, -0.15) is 0 Å². The normalized spacial score (nSPS) is 13.2. The quantitative estimate of drug-likeness (QED) is 0.761.